The van der Waals surface area contributed by atoms with Gasteiger partial charge in [0.15, 0.2) is 5.96 Å². The molecule has 3 rings (SSSR count). The van der Waals surface area contributed by atoms with Crippen molar-refractivity contribution in [2.75, 3.05) is 33.2 Å². The van der Waals surface area contributed by atoms with Crippen LogP contribution in [0.1, 0.15) is 42.9 Å². The van der Waals surface area contributed by atoms with Gasteiger partial charge in [-0.2, -0.15) is 5.10 Å². The number of guanidine groups is 1. The third-order valence-electron chi connectivity index (χ3n) is 5.74. The van der Waals surface area contributed by atoms with Gasteiger partial charge >= 0.3 is 0 Å². The zero-order valence-corrected chi connectivity index (χ0v) is 17.7. The van der Waals surface area contributed by atoms with Gasteiger partial charge in [-0.05, 0) is 36.2 Å². The Morgan fingerprint density at radius 1 is 1.25 bits per heavy atom. The van der Waals surface area contributed by atoms with Crippen LogP contribution in [0.2, 0.25) is 0 Å². The summed E-state index contributed by atoms with van der Waals surface area (Å²) in [5, 5.41) is 7.91. The van der Waals surface area contributed by atoms with E-state index in [0.717, 1.165) is 51.6 Å². The Kier molecular flexibility index (Phi) is 7.09. The molecule has 28 heavy (non-hydrogen) atoms. The summed E-state index contributed by atoms with van der Waals surface area (Å²) in [4.78, 5) is 9.36. The predicted molar refractivity (Wildman–Crippen MR) is 115 cm³/mol. The van der Waals surface area contributed by atoms with E-state index in [0.29, 0.717) is 5.92 Å². The number of aliphatic imine (C=N–C) groups is 1. The number of rotatable bonds is 7. The van der Waals surface area contributed by atoms with Gasteiger partial charge in [-0.25, -0.2) is 0 Å². The fraction of sp³-hybridized carbons (Fsp3) is 0.545. The van der Waals surface area contributed by atoms with Gasteiger partial charge in [-0.15, -0.1) is 0 Å². The van der Waals surface area contributed by atoms with Crippen LogP contribution < -0.4 is 5.32 Å². The van der Waals surface area contributed by atoms with E-state index >= 15 is 0 Å². The van der Waals surface area contributed by atoms with Crippen LogP contribution in [-0.4, -0.2) is 58.8 Å². The van der Waals surface area contributed by atoms with Gasteiger partial charge in [0.2, 0.25) is 0 Å². The quantitative estimate of drug-likeness (QED) is 0.591. The van der Waals surface area contributed by atoms with Crippen molar-refractivity contribution in [3.05, 3.63) is 53.3 Å². The highest BCUT2D eigenvalue weighted by molar-refractivity contribution is 5.80. The normalized spacial score (nSPS) is 17.5. The Morgan fingerprint density at radius 2 is 2.00 bits per heavy atom. The minimum absolute atomic E-state index is 0.530. The van der Waals surface area contributed by atoms with Gasteiger partial charge < -0.3 is 10.2 Å². The summed E-state index contributed by atoms with van der Waals surface area (Å²) in [6.45, 7) is 10.4. The minimum atomic E-state index is 0.530. The first-order chi connectivity index (χ1) is 13.6. The Labute approximate surface area is 169 Å². The molecule has 0 aliphatic carbocycles. The second kappa shape index (κ2) is 9.73. The molecule has 0 amide bonds. The third-order valence-corrected chi connectivity index (χ3v) is 5.74. The van der Waals surface area contributed by atoms with Crippen molar-refractivity contribution >= 4 is 5.96 Å². The summed E-state index contributed by atoms with van der Waals surface area (Å²) in [6, 6.07) is 8.73. The Hall–Kier alpha value is -2.34. The number of benzene rings is 1. The van der Waals surface area contributed by atoms with Crippen LogP contribution in [0.5, 0.6) is 0 Å². The number of hydrogen-bond donors (Lipinski definition) is 1. The molecule has 2 heterocycles. The van der Waals surface area contributed by atoms with Crippen LogP contribution in [0.15, 0.2) is 41.7 Å². The van der Waals surface area contributed by atoms with E-state index in [1.54, 1.807) is 0 Å². The largest absolute Gasteiger partial charge is 0.352 e. The number of nitrogens with one attached hydrogen (secondary N) is 1. The first-order valence-electron chi connectivity index (χ1n) is 10.4. The summed E-state index contributed by atoms with van der Waals surface area (Å²) in [5.74, 6) is 1.52. The maximum atomic E-state index is 4.54. The van der Waals surface area contributed by atoms with Crippen molar-refractivity contribution in [3.8, 4) is 0 Å². The van der Waals surface area contributed by atoms with Crippen molar-refractivity contribution in [2.45, 2.75) is 39.3 Å². The van der Waals surface area contributed by atoms with E-state index in [1.165, 1.54) is 16.7 Å². The molecule has 0 saturated carbocycles. The molecule has 1 aliphatic heterocycles. The van der Waals surface area contributed by atoms with Crippen molar-refractivity contribution in [1.82, 2.24) is 24.9 Å². The first kappa shape index (κ1) is 20.4. The topological polar surface area (TPSA) is 48.7 Å². The molecular formula is C22H34N6. The molecule has 6 nitrogen and oxygen atoms in total. The summed E-state index contributed by atoms with van der Waals surface area (Å²) in [5.41, 5.74) is 4.06. The number of nitrogens with zero attached hydrogens (tertiary/aromatic N) is 5. The molecule has 2 aromatic rings. The van der Waals surface area contributed by atoms with Gasteiger partial charge in [0.1, 0.15) is 0 Å². The van der Waals surface area contributed by atoms with E-state index in [4.69, 9.17) is 0 Å². The van der Waals surface area contributed by atoms with E-state index in [-0.39, 0.29) is 0 Å². The van der Waals surface area contributed by atoms with Gasteiger partial charge in [-0.1, -0.05) is 38.1 Å². The average molecular weight is 383 g/mol. The molecule has 0 radical (unpaired) electrons. The summed E-state index contributed by atoms with van der Waals surface area (Å²) in [7, 11) is 3.86. The molecule has 6 heteroatoms. The highest BCUT2D eigenvalue weighted by atomic mass is 15.3. The highest BCUT2D eigenvalue weighted by Gasteiger charge is 2.26. The summed E-state index contributed by atoms with van der Waals surface area (Å²) >= 11 is 0. The number of aromatic nitrogens is 2. The lowest BCUT2D eigenvalue weighted by Crippen LogP contribution is -2.39. The van der Waals surface area contributed by atoms with Crippen LogP contribution in [0, 0.1) is 0 Å². The highest BCUT2D eigenvalue weighted by Crippen LogP contribution is 2.26. The molecule has 1 fully saturated rings. The lowest BCUT2D eigenvalue weighted by molar-refractivity contribution is 0.295. The summed E-state index contributed by atoms with van der Waals surface area (Å²) < 4.78 is 1.89. The van der Waals surface area contributed by atoms with Crippen LogP contribution >= 0.6 is 0 Å². The van der Waals surface area contributed by atoms with Gasteiger partial charge in [0.25, 0.3) is 0 Å². The number of likely N-dealkylation sites (tertiary alicyclic amines) is 1. The second-order valence-electron chi connectivity index (χ2n) is 7.51. The van der Waals surface area contributed by atoms with Crippen molar-refractivity contribution in [3.63, 3.8) is 0 Å². The lowest BCUT2D eigenvalue weighted by atomic mass is 10.0. The Bertz CT molecular complexity index is 777. The second-order valence-corrected chi connectivity index (χ2v) is 7.51. The van der Waals surface area contributed by atoms with Crippen molar-refractivity contribution in [1.29, 1.82) is 0 Å². The van der Waals surface area contributed by atoms with E-state index in [9.17, 15) is 0 Å². The van der Waals surface area contributed by atoms with E-state index in [2.05, 4.69) is 69.5 Å². The molecule has 0 spiro atoms. The minimum Gasteiger partial charge on any atom is -0.352 e. The van der Waals surface area contributed by atoms with Crippen molar-refractivity contribution in [2.24, 2.45) is 12.0 Å². The Morgan fingerprint density at radius 3 is 2.64 bits per heavy atom. The average Bonchev–Trinajstić information content (AvgIpc) is 3.37. The molecule has 1 unspecified atom stereocenters. The molecule has 152 valence electrons. The van der Waals surface area contributed by atoms with Gasteiger partial charge in [0, 0.05) is 52.4 Å². The fourth-order valence-corrected chi connectivity index (χ4v) is 3.95. The molecule has 1 aromatic carbocycles. The smallest absolute Gasteiger partial charge is 0.193 e. The monoisotopic (exact) mass is 382 g/mol. The number of aryl methyl sites for hydroxylation is 1. The van der Waals surface area contributed by atoms with E-state index < -0.39 is 0 Å². The maximum Gasteiger partial charge on any atom is 0.193 e. The first-order valence-corrected chi connectivity index (χ1v) is 10.4. The van der Waals surface area contributed by atoms with E-state index in [1.807, 2.05) is 25.0 Å². The standard InChI is InChI=1S/C22H34N6/c1-5-27(6-2)16-19-10-8-7-9-18(19)13-24-22(23-3)28-12-11-20(17-28)21-14-25-26(4)15-21/h7-10,14-15,20H,5-6,11-13,16-17H2,1-4H3,(H,23,24). The Balaban J connectivity index is 1.61. The van der Waals surface area contributed by atoms with Crippen LogP contribution in [0.4, 0.5) is 0 Å². The van der Waals surface area contributed by atoms with Crippen LogP contribution in [-0.2, 0) is 20.1 Å². The van der Waals surface area contributed by atoms with Gasteiger partial charge in [-0.3, -0.25) is 14.6 Å². The molecule has 0 bridgehead atoms. The fourth-order valence-electron chi connectivity index (χ4n) is 3.95. The van der Waals surface area contributed by atoms with Gasteiger partial charge in [0.05, 0.1) is 6.20 Å². The van der Waals surface area contributed by atoms with Crippen LogP contribution in [0.25, 0.3) is 0 Å². The zero-order valence-electron chi connectivity index (χ0n) is 17.7. The maximum absolute atomic E-state index is 4.54. The van der Waals surface area contributed by atoms with Crippen LogP contribution in [0.3, 0.4) is 0 Å². The number of hydrogen-bond acceptors (Lipinski definition) is 3. The molecule has 1 aromatic heterocycles. The lowest BCUT2D eigenvalue weighted by Gasteiger charge is -2.23. The predicted octanol–water partition coefficient (Wildman–Crippen LogP) is 2.83. The molecule has 1 aliphatic rings. The molecule has 1 atom stereocenters. The van der Waals surface area contributed by atoms with Crippen molar-refractivity contribution < 1.29 is 0 Å². The molecular weight excluding hydrogens is 348 g/mol. The third kappa shape index (κ3) is 4.93. The SMILES string of the molecule is CCN(CC)Cc1ccccc1CNC(=NC)N1CCC(c2cnn(C)c2)C1. The summed E-state index contributed by atoms with van der Waals surface area (Å²) in [6.07, 6.45) is 5.27. The molecule has 1 saturated heterocycles. The zero-order chi connectivity index (χ0) is 19.9. The molecule has 1 N–H and O–H groups in total.